The van der Waals surface area contributed by atoms with E-state index >= 15 is 0 Å². The summed E-state index contributed by atoms with van der Waals surface area (Å²) in [6.45, 7) is 0. The van der Waals surface area contributed by atoms with Gasteiger partial charge in [0.2, 0.25) is 5.91 Å². The van der Waals surface area contributed by atoms with Gasteiger partial charge >= 0.3 is 0 Å². The molecule has 0 radical (unpaired) electrons. The molecule has 20 heavy (non-hydrogen) atoms. The summed E-state index contributed by atoms with van der Waals surface area (Å²) in [4.78, 5) is 17.2. The van der Waals surface area contributed by atoms with E-state index in [2.05, 4.69) is 10.3 Å². The summed E-state index contributed by atoms with van der Waals surface area (Å²) < 4.78 is 1.13. The minimum atomic E-state index is -0.105. The van der Waals surface area contributed by atoms with Crippen LogP contribution in [0.2, 0.25) is 0 Å². The SMILES string of the molecule is O=C(Nc1nc2ccccc2s1)C12CCC(CC1)CC2. The van der Waals surface area contributed by atoms with Gasteiger partial charge in [-0.15, -0.1) is 0 Å². The van der Waals surface area contributed by atoms with Crippen LogP contribution in [-0.4, -0.2) is 10.9 Å². The predicted octanol–water partition coefficient (Wildman–Crippen LogP) is 4.21. The molecule has 0 unspecified atom stereocenters. The summed E-state index contributed by atoms with van der Waals surface area (Å²) in [5.74, 6) is 1.09. The zero-order chi connectivity index (χ0) is 13.6. The van der Waals surface area contributed by atoms with Gasteiger partial charge in [-0.1, -0.05) is 23.5 Å². The van der Waals surface area contributed by atoms with Gasteiger partial charge in [0.1, 0.15) is 0 Å². The Morgan fingerprint density at radius 3 is 2.60 bits per heavy atom. The van der Waals surface area contributed by atoms with Gasteiger partial charge in [-0.2, -0.15) is 0 Å². The number of hydrogen-bond acceptors (Lipinski definition) is 3. The lowest BCUT2D eigenvalue weighted by Gasteiger charge is -2.44. The predicted molar refractivity (Wildman–Crippen MR) is 81.9 cm³/mol. The minimum Gasteiger partial charge on any atom is -0.301 e. The number of nitrogens with one attached hydrogen (secondary N) is 1. The summed E-state index contributed by atoms with van der Waals surface area (Å²) in [5, 5.41) is 3.83. The molecule has 2 bridgehead atoms. The van der Waals surface area contributed by atoms with E-state index in [-0.39, 0.29) is 11.3 Å². The van der Waals surface area contributed by atoms with E-state index in [1.165, 1.54) is 19.3 Å². The minimum absolute atomic E-state index is 0.105. The van der Waals surface area contributed by atoms with E-state index in [0.717, 1.165) is 40.5 Å². The molecule has 1 heterocycles. The summed E-state index contributed by atoms with van der Waals surface area (Å²) in [5.41, 5.74) is 0.865. The standard InChI is InChI=1S/C16H18N2OS/c19-14(16-8-5-11(6-9-16)7-10-16)18-15-17-12-3-1-2-4-13(12)20-15/h1-4,11H,5-10H2,(H,17,18,19). The Morgan fingerprint density at radius 1 is 1.20 bits per heavy atom. The van der Waals surface area contributed by atoms with Crippen molar-refractivity contribution >= 4 is 32.6 Å². The Balaban J connectivity index is 1.57. The quantitative estimate of drug-likeness (QED) is 0.898. The van der Waals surface area contributed by atoms with Crippen molar-refractivity contribution in [2.75, 3.05) is 5.32 Å². The summed E-state index contributed by atoms with van der Waals surface area (Å²) in [6, 6.07) is 8.03. The van der Waals surface area contributed by atoms with Crippen LogP contribution in [0, 0.1) is 11.3 Å². The van der Waals surface area contributed by atoms with Crippen molar-refractivity contribution < 1.29 is 4.79 Å². The van der Waals surface area contributed by atoms with Gasteiger partial charge in [0.05, 0.1) is 10.2 Å². The van der Waals surface area contributed by atoms with Gasteiger partial charge in [0.15, 0.2) is 5.13 Å². The van der Waals surface area contributed by atoms with Gasteiger partial charge < -0.3 is 5.32 Å². The van der Waals surface area contributed by atoms with Crippen LogP contribution >= 0.6 is 11.3 Å². The third-order valence-electron chi connectivity index (χ3n) is 5.09. The fourth-order valence-electron chi connectivity index (χ4n) is 3.75. The molecule has 0 atom stereocenters. The van der Waals surface area contributed by atoms with Gasteiger partial charge in [-0.25, -0.2) is 4.98 Å². The number of carbonyl (C=O) groups is 1. The summed E-state index contributed by atoms with van der Waals surface area (Å²) in [6.07, 6.45) is 6.88. The number of nitrogens with zero attached hydrogens (tertiary/aromatic N) is 1. The van der Waals surface area contributed by atoms with Crippen LogP contribution in [-0.2, 0) is 4.79 Å². The first kappa shape index (κ1) is 12.3. The molecule has 104 valence electrons. The van der Waals surface area contributed by atoms with E-state index in [0.29, 0.717) is 0 Å². The second-order valence-electron chi connectivity index (χ2n) is 6.20. The van der Waals surface area contributed by atoms with Crippen molar-refractivity contribution in [3.05, 3.63) is 24.3 Å². The van der Waals surface area contributed by atoms with Crippen LogP contribution in [0.5, 0.6) is 0 Å². The molecule has 4 heteroatoms. The molecule has 0 spiro atoms. The van der Waals surface area contributed by atoms with Crippen LogP contribution in [0.4, 0.5) is 5.13 Å². The Kier molecular flexibility index (Phi) is 2.81. The Morgan fingerprint density at radius 2 is 1.90 bits per heavy atom. The molecule has 3 aliphatic rings. The first-order valence-corrected chi connectivity index (χ1v) is 8.24. The number of para-hydroxylation sites is 1. The zero-order valence-electron chi connectivity index (χ0n) is 11.4. The molecular formula is C16H18N2OS. The topological polar surface area (TPSA) is 42.0 Å². The van der Waals surface area contributed by atoms with Crippen molar-refractivity contribution in [1.29, 1.82) is 0 Å². The van der Waals surface area contributed by atoms with Crippen LogP contribution in [0.3, 0.4) is 0 Å². The third-order valence-corrected chi connectivity index (χ3v) is 6.04. The fraction of sp³-hybridized carbons (Fsp3) is 0.500. The van der Waals surface area contributed by atoms with Gasteiger partial charge in [-0.3, -0.25) is 4.79 Å². The van der Waals surface area contributed by atoms with E-state index < -0.39 is 0 Å². The Bertz CT molecular complexity index is 609. The van der Waals surface area contributed by atoms with Gasteiger partial charge in [0, 0.05) is 5.41 Å². The lowest BCUT2D eigenvalue weighted by Crippen LogP contribution is -2.43. The van der Waals surface area contributed by atoms with Gasteiger partial charge in [0.25, 0.3) is 0 Å². The molecule has 1 aromatic carbocycles. The van der Waals surface area contributed by atoms with Crippen LogP contribution in [0.25, 0.3) is 10.2 Å². The van der Waals surface area contributed by atoms with Crippen molar-refractivity contribution in [3.8, 4) is 0 Å². The van der Waals surface area contributed by atoms with Crippen molar-refractivity contribution in [2.24, 2.45) is 11.3 Å². The highest BCUT2D eigenvalue weighted by Gasteiger charge is 2.45. The number of amides is 1. The normalized spacial score (nSPS) is 28.7. The number of rotatable bonds is 2. The number of anilines is 1. The van der Waals surface area contributed by atoms with E-state index in [1.807, 2.05) is 24.3 Å². The number of aromatic nitrogens is 1. The molecule has 3 nitrogen and oxygen atoms in total. The number of hydrogen-bond donors (Lipinski definition) is 1. The van der Waals surface area contributed by atoms with Crippen LogP contribution in [0.1, 0.15) is 38.5 Å². The highest BCUT2D eigenvalue weighted by Crippen LogP contribution is 2.50. The molecule has 1 aromatic heterocycles. The van der Waals surface area contributed by atoms with E-state index in [4.69, 9.17) is 0 Å². The molecular weight excluding hydrogens is 268 g/mol. The van der Waals surface area contributed by atoms with E-state index in [1.54, 1.807) is 11.3 Å². The monoisotopic (exact) mass is 286 g/mol. The molecule has 2 aromatic rings. The summed E-state index contributed by atoms with van der Waals surface area (Å²) in [7, 11) is 0. The average Bonchev–Trinajstić information content (AvgIpc) is 2.91. The molecule has 5 rings (SSSR count). The molecule has 0 aliphatic heterocycles. The van der Waals surface area contributed by atoms with Crippen LogP contribution < -0.4 is 5.32 Å². The third kappa shape index (κ3) is 1.94. The Labute approximate surface area is 122 Å². The number of benzene rings is 1. The second-order valence-corrected chi connectivity index (χ2v) is 7.23. The van der Waals surface area contributed by atoms with Crippen molar-refractivity contribution in [1.82, 2.24) is 4.98 Å². The molecule has 3 aliphatic carbocycles. The molecule has 1 amide bonds. The number of thiazole rings is 1. The lowest BCUT2D eigenvalue weighted by molar-refractivity contribution is -0.131. The molecule has 0 saturated heterocycles. The van der Waals surface area contributed by atoms with Crippen molar-refractivity contribution in [2.45, 2.75) is 38.5 Å². The maximum absolute atomic E-state index is 12.7. The number of fused-ring (bicyclic) bond motifs is 4. The smallest absolute Gasteiger partial charge is 0.232 e. The summed E-state index contributed by atoms with van der Waals surface area (Å²) >= 11 is 1.57. The first-order valence-electron chi connectivity index (χ1n) is 7.42. The van der Waals surface area contributed by atoms with Crippen LogP contribution in [0.15, 0.2) is 24.3 Å². The van der Waals surface area contributed by atoms with E-state index in [9.17, 15) is 4.79 Å². The van der Waals surface area contributed by atoms with Gasteiger partial charge in [-0.05, 0) is 56.6 Å². The highest BCUT2D eigenvalue weighted by molar-refractivity contribution is 7.22. The fourth-order valence-corrected chi connectivity index (χ4v) is 4.61. The lowest BCUT2D eigenvalue weighted by atomic mass is 9.60. The van der Waals surface area contributed by atoms with Crippen molar-refractivity contribution in [3.63, 3.8) is 0 Å². The molecule has 3 fully saturated rings. The number of carbonyl (C=O) groups excluding carboxylic acids is 1. The average molecular weight is 286 g/mol. The molecule has 1 N–H and O–H groups in total. The maximum atomic E-state index is 12.7. The largest absolute Gasteiger partial charge is 0.301 e. The second kappa shape index (κ2) is 4.55. The Hall–Kier alpha value is -1.42. The molecule has 3 saturated carbocycles. The zero-order valence-corrected chi connectivity index (χ0v) is 12.2. The first-order chi connectivity index (χ1) is 9.75. The maximum Gasteiger partial charge on any atom is 0.232 e. The highest BCUT2D eigenvalue weighted by atomic mass is 32.1.